The molecule has 120 valence electrons. The Hall–Kier alpha value is -1.63. The number of carbonyl (C=O) groups is 1. The molecule has 0 radical (unpaired) electrons. The van der Waals surface area contributed by atoms with Crippen molar-refractivity contribution in [3.63, 3.8) is 0 Å². The summed E-state index contributed by atoms with van der Waals surface area (Å²) in [6, 6.07) is -0.0427. The monoisotopic (exact) mass is 367 g/mol. The first-order valence-corrected chi connectivity index (χ1v) is 8.22. The molecule has 2 heterocycles. The summed E-state index contributed by atoms with van der Waals surface area (Å²) >= 11 is 3.42. The quantitative estimate of drug-likeness (QED) is 0.853. The van der Waals surface area contributed by atoms with Gasteiger partial charge in [0.15, 0.2) is 0 Å². The van der Waals surface area contributed by atoms with Gasteiger partial charge in [-0.15, -0.1) is 0 Å². The van der Waals surface area contributed by atoms with Crippen LogP contribution in [-0.4, -0.2) is 25.5 Å². The van der Waals surface area contributed by atoms with E-state index in [1.807, 2.05) is 44.8 Å². The number of carbonyl (C=O) groups excluding carboxylic acids is 1. The molecular formula is C15H22BrN5O. The maximum absolute atomic E-state index is 12.1. The molecule has 2 rings (SSSR count). The Labute approximate surface area is 139 Å². The molecule has 22 heavy (non-hydrogen) atoms. The second-order valence-electron chi connectivity index (χ2n) is 5.39. The lowest BCUT2D eigenvalue weighted by Crippen LogP contribution is -2.27. The van der Waals surface area contributed by atoms with Gasteiger partial charge in [-0.2, -0.15) is 10.2 Å². The summed E-state index contributed by atoms with van der Waals surface area (Å²) < 4.78 is 4.63. The van der Waals surface area contributed by atoms with E-state index in [1.54, 1.807) is 4.68 Å². The maximum Gasteiger partial charge on any atom is 0.222 e. The number of rotatable bonds is 6. The molecule has 0 saturated heterocycles. The fourth-order valence-electron chi connectivity index (χ4n) is 2.34. The Bertz CT molecular complexity index is 641. The first-order valence-electron chi connectivity index (χ1n) is 7.43. The van der Waals surface area contributed by atoms with Crippen LogP contribution in [0.1, 0.15) is 43.3 Å². The molecule has 0 aromatic carbocycles. The predicted molar refractivity (Wildman–Crippen MR) is 88.5 cm³/mol. The normalized spacial score (nSPS) is 12.4. The smallest absolute Gasteiger partial charge is 0.222 e. The summed E-state index contributed by atoms with van der Waals surface area (Å²) in [5.41, 5.74) is 2.95. The molecule has 1 unspecified atom stereocenters. The number of nitrogens with zero attached hydrogens (tertiary/aromatic N) is 4. The van der Waals surface area contributed by atoms with Crippen molar-refractivity contribution in [2.45, 2.75) is 53.2 Å². The van der Waals surface area contributed by atoms with E-state index in [4.69, 9.17) is 0 Å². The van der Waals surface area contributed by atoms with Crippen molar-refractivity contribution in [1.29, 1.82) is 0 Å². The largest absolute Gasteiger partial charge is 0.349 e. The molecule has 0 fully saturated rings. The lowest BCUT2D eigenvalue weighted by atomic mass is 10.1. The van der Waals surface area contributed by atoms with Crippen LogP contribution in [-0.2, 0) is 17.9 Å². The second kappa shape index (κ2) is 7.09. The summed E-state index contributed by atoms with van der Waals surface area (Å²) in [6.45, 7) is 9.32. The maximum atomic E-state index is 12.1. The Morgan fingerprint density at radius 1 is 1.27 bits per heavy atom. The topological polar surface area (TPSA) is 64.7 Å². The minimum atomic E-state index is -0.0427. The highest BCUT2D eigenvalue weighted by molar-refractivity contribution is 9.10. The minimum absolute atomic E-state index is 0.0143. The highest BCUT2D eigenvalue weighted by Gasteiger charge is 2.15. The van der Waals surface area contributed by atoms with Crippen molar-refractivity contribution in [3.05, 3.63) is 33.8 Å². The molecule has 2 aromatic heterocycles. The van der Waals surface area contributed by atoms with E-state index in [9.17, 15) is 4.79 Å². The van der Waals surface area contributed by atoms with E-state index in [-0.39, 0.29) is 11.9 Å². The molecule has 2 aromatic rings. The molecule has 0 spiro atoms. The standard InChI is InChI=1S/C15H22BrN5O/c1-5-20-8-13(11(3)18-20)10(2)17-15(22)6-7-21-9-14(16)12(4)19-21/h8-10H,5-7H2,1-4H3,(H,17,22). The zero-order valence-electron chi connectivity index (χ0n) is 13.4. The van der Waals surface area contributed by atoms with Crippen molar-refractivity contribution in [1.82, 2.24) is 24.9 Å². The number of hydrogen-bond acceptors (Lipinski definition) is 3. The van der Waals surface area contributed by atoms with Crippen LogP contribution in [0, 0.1) is 13.8 Å². The van der Waals surface area contributed by atoms with E-state index in [2.05, 4.69) is 31.4 Å². The molecule has 0 aliphatic heterocycles. The van der Waals surface area contributed by atoms with Crippen LogP contribution >= 0.6 is 15.9 Å². The van der Waals surface area contributed by atoms with Crippen LogP contribution in [0.5, 0.6) is 0 Å². The third-order valence-corrected chi connectivity index (χ3v) is 4.39. The van der Waals surface area contributed by atoms with Gasteiger partial charge in [-0.25, -0.2) is 0 Å². The second-order valence-corrected chi connectivity index (χ2v) is 6.24. The SMILES string of the molecule is CCn1cc(C(C)NC(=O)CCn2cc(Br)c(C)n2)c(C)n1. The summed E-state index contributed by atoms with van der Waals surface area (Å²) in [4.78, 5) is 12.1. The highest BCUT2D eigenvalue weighted by Crippen LogP contribution is 2.16. The van der Waals surface area contributed by atoms with Crippen LogP contribution in [0.4, 0.5) is 0 Å². The van der Waals surface area contributed by atoms with E-state index in [1.165, 1.54) is 0 Å². The molecule has 0 aliphatic carbocycles. The third kappa shape index (κ3) is 3.97. The minimum Gasteiger partial charge on any atom is -0.349 e. The third-order valence-electron chi connectivity index (χ3n) is 3.61. The molecule has 0 saturated carbocycles. The zero-order chi connectivity index (χ0) is 16.3. The highest BCUT2D eigenvalue weighted by atomic mass is 79.9. The van der Waals surface area contributed by atoms with Crippen molar-refractivity contribution < 1.29 is 4.79 Å². The van der Waals surface area contributed by atoms with Crippen LogP contribution in [0.25, 0.3) is 0 Å². The van der Waals surface area contributed by atoms with Gasteiger partial charge >= 0.3 is 0 Å². The lowest BCUT2D eigenvalue weighted by Gasteiger charge is -2.13. The van der Waals surface area contributed by atoms with Crippen LogP contribution in [0.15, 0.2) is 16.9 Å². The molecule has 0 aliphatic rings. The molecule has 1 amide bonds. The summed E-state index contributed by atoms with van der Waals surface area (Å²) in [5.74, 6) is 0.0143. The van der Waals surface area contributed by atoms with Crippen molar-refractivity contribution in [2.75, 3.05) is 0 Å². The first kappa shape index (κ1) is 16.7. The van der Waals surface area contributed by atoms with E-state index >= 15 is 0 Å². The summed E-state index contributed by atoms with van der Waals surface area (Å²) in [7, 11) is 0. The predicted octanol–water partition coefficient (Wildman–Crippen LogP) is 2.75. The zero-order valence-corrected chi connectivity index (χ0v) is 15.0. The van der Waals surface area contributed by atoms with Gasteiger partial charge in [0.2, 0.25) is 5.91 Å². The van der Waals surface area contributed by atoms with Gasteiger partial charge in [0.1, 0.15) is 0 Å². The Kier molecular flexibility index (Phi) is 5.39. The average Bonchev–Trinajstić information content (AvgIpc) is 3.00. The molecule has 7 heteroatoms. The number of hydrogen-bond donors (Lipinski definition) is 1. The molecule has 6 nitrogen and oxygen atoms in total. The number of halogens is 1. The fourth-order valence-corrected chi connectivity index (χ4v) is 2.65. The van der Waals surface area contributed by atoms with Crippen molar-refractivity contribution in [2.24, 2.45) is 0 Å². The molecular weight excluding hydrogens is 346 g/mol. The van der Waals surface area contributed by atoms with Crippen molar-refractivity contribution >= 4 is 21.8 Å². The van der Waals surface area contributed by atoms with Crippen LogP contribution in [0.2, 0.25) is 0 Å². The molecule has 0 bridgehead atoms. The van der Waals surface area contributed by atoms with Gasteiger partial charge in [0.25, 0.3) is 0 Å². The van der Waals surface area contributed by atoms with Gasteiger partial charge in [-0.05, 0) is 43.6 Å². The number of aromatic nitrogens is 4. The van der Waals surface area contributed by atoms with Gasteiger partial charge in [-0.3, -0.25) is 14.2 Å². The Balaban J connectivity index is 1.89. The van der Waals surface area contributed by atoms with E-state index < -0.39 is 0 Å². The van der Waals surface area contributed by atoms with E-state index in [0.29, 0.717) is 13.0 Å². The van der Waals surface area contributed by atoms with E-state index in [0.717, 1.165) is 28.0 Å². The Morgan fingerprint density at radius 3 is 2.50 bits per heavy atom. The number of aryl methyl sites for hydroxylation is 4. The van der Waals surface area contributed by atoms with Crippen LogP contribution in [0.3, 0.4) is 0 Å². The molecule has 1 atom stereocenters. The lowest BCUT2D eigenvalue weighted by molar-refractivity contribution is -0.122. The summed E-state index contributed by atoms with van der Waals surface area (Å²) in [6.07, 6.45) is 4.29. The van der Waals surface area contributed by atoms with Gasteiger partial charge in [0.05, 0.1) is 21.9 Å². The first-order chi connectivity index (χ1) is 10.4. The van der Waals surface area contributed by atoms with Crippen molar-refractivity contribution in [3.8, 4) is 0 Å². The Morgan fingerprint density at radius 2 is 1.95 bits per heavy atom. The van der Waals surface area contributed by atoms with Gasteiger partial charge in [0, 0.05) is 37.5 Å². The number of amides is 1. The fraction of sp³-hybridized carbons (Fsp3) is 0.533. The number of nitrogens with one attached hydrogen (secondary N) is 1. The van der Waals surface area contributed by atoms with Gasteiger partial charge in [-0.1, -0.05) is 0 Å². The van der Waals surface area contributed by atoms with Gasteiger partial charge < -0.3 is 5.32 Å². The molecule has 1 N–H and O–H groups in total. The van der Waals surface area contributed by atoms with Crippen LogP contribution < -0.4 is 5.32 Å². The average molecular weight is 368 g/mol. The summed E-state index contributed by atoms with van der Waals surface area (Å²) in [5, 5.41) is 11.8.